The quantitative estimate of drug-likeness (QED) is 0.704. The molecule has 1 aromatic carbocycles. The molecule has 1 N–H and O–H groups in total. The van der Waals surface area contributed by atoms with Gasteiger partial charge in [0, 0.05) is 40.9 Å². The Morgan fingerprint density at radius 1 is 1.20 bits per heavy atom. The van der Waals surface area contributed by atoms with E-state index >= 15 is 0 Å². The van der Waals surface area contributed by atoms with Crippen molar-refractivity contribution in [3.63, 3.8) is 0 Å². The molecule has 2 aromatic heterocycles. The van der Waals surface area contributed by atoms with Gasteiger partial charge in [0.05, 0.1) is 11.5 Å². The standard InChI is InChI=1S/C24H19FN4O/c25-19-8-15-11-28-21(29-22(30)17-10-16(17)20-3-1-2-6-27-20)9-14(15)7-18(19)24(13-26)12-23(24)4-5-23/h1-3,6-9,11,16-17H,4-5,10,12H2,(H,28,29,30)/t16?,17?,24-/m1/s1. The molecular weight excluding hydrogens is 379 g/mol. The van der Waals surface area contributed by atoms with Crippen molar-refractivity contribution in [3.8, 4) is 6.07 Å². The highest BCUT2D eigenvalue weighted by molar-refractivity contribution is 5.96. The maximum absolute atomic E-state index is 14.8. The molecule has 1 amide bonds. The summed E-state index contributed by atoms with van der Waals surface area (Å²) in [5.74, 6) is 0.0615. The van der Waals surface area contributed by atoms with Crippen molar-refractivity contribution in [2.45, 2.75) is 37.0 Å². The number of aromatic nitrogens is 2. The van der Waals surface area contributed by atoms with Crippen molar-refractivity contribution in [2.24, 2.45) is 11.3 Å². The van der Waals surface area contributed by atoms with Crippen molar-refractivity contribution in [2.75, 3.05) is 5.32 Å². The van der Waals surface area contributed by atoms with Crippen molar-refractivity contribution >= 4 is 22.5 Å². The van der Waals surface area contributed by atoms with Crippen LogP contribution in [-0.4, -0.2) is 15.9 Å². The molecule has 1 spiro atoms. The Kier molecular flexibility index (Phi) is 3.42. The van der Waals surface area contributed by atoms with Crippen molar-refractivity contribution in [1.82, 2.24) is 9.97 Å². The van der Waals surface area contributed by atoms with Crippen LogP contribution in [0.5, 0.6) is 0 Å². The molecule has 3 aliphatic carbocycles. The van der Waals surface area contributed by atoms with E-state index < -0.39 is 5.41 Å². The number of amides is 1. The van der Waals surface area contributed by atoms with Crippen molar-refractivity contribution in [3.05, 3.63) is 65.9 Å². The van der Waals surface area contributed by atoms with Crippen LogP contribution >= 0.6 is 0 Å². The van der Waals surface area contributed by atoms with Gasteiger partial charge < -0.3 is 5.32 Å². The minimum absolute atomic E-state index is 0.00714. The number of rotatable bonds is 4. The summed E-state index contributed by atoms with van der Waals surface area (Å²) in [6, 6.07) is 13.1. The van der Waals surface area contributed by atoms with Gasteiger partial charge in [0.2, 0.25) is 5.91 Å². The van der Waals surface area contributed by atoms with E-state index in [4.69, 9.17) is 0 Å². The maximum Gasteiger partial charge on any atom is 0.229 e. The van der Waals surface area contributed by atoms with Crippen LogP contribution in [-0.2, 0) is 10.2 Å². The molecule has 6 rings (SSSR count). The number of hydrogen-bond acceptors (Lipinski definition) is 4. The van der Waals surface area contributed by atoms with Crippen LogP contribution in [0, 0.1) is 28.5 Å². The molecule has 30 heavy (non-hydrogen) atoms. The van der Waals surface area contributed by atoms with Gasteiger partial charge in [0.1, 0.15) is 11.6 Å². The first-order valence-corrected chi connectivity index (χ1v) is 10.3. The molecule has 148 valence electrons. The molecule has 5 nitrogen and oxygen atoms in total. The minimum Gasteiger partial charge on any atom is -0.310 e. The highest BCUT2D eigenvalue weighted by atomic mass is 19.1. The van der Waals surface area contributed by atoms with E-state index in [0.717, 1.165) is 36.8 Å². The largest absolute Gasteiger partial charge is 0.310 e. The average molecular weight is 398 g/mol. The number of halogens is 1. The molecular formula is C24H19FN4O. The van der Waals surface area contributed by atoms with Crippen LogP contribution in [0.1, 0.15) is 42.9 Å². The number of hydrogen-bond donors (Lipinski definition) is 1. The van der Waals surface area contributed by atoms with Crippen LogP contribution in [0.3, 0.4) is 0 Å². The number of nitrogens with one attached hydrogen (secondary N) is 1. The van der Waals surface area contributed by atoms with E-state index in [1.807, 2.05) is 18.2 Å². The first-order valence-electron chi connectivity index (χ1n) is 10.3. The number of nitrogens with zero attached hydrogens (tertiary/aromatic N) is 3. The topological polar surface area (TPSA) is 78.7 Å². The third kappa shape index (κ3) is 2.48. The lowest BCUT2D eigenvalue weighted by Crippen LogP contribution is -2.15. The zero-order valence-electron chi connectivity index (χ0n) is 16.2. The van der Waals surface area contributed by atoms with Gasteiger partial charge in [-0.05, 0) is 66.8 Å². The Morgan fingerprint density at radius 3 is 2.77 bits per heavy atom. The fourth-order valence-electron chi connectivity index (χ4n) is 5.00. The van der Waals surface area contributed by atoms with E-state index in [1.165, 1.54) is 6.07 Å². The van der Waals surface area contributed by atoms with Crippen molar-refractivity contribution in [1.29, 1.82) is 5.26 Å². The molecule has 2 heterocycles. The lowest BCUT2D eigenvalue weighted by molar-refractivity contribution is -0.117. The molecule has 0 saturated heterocycles. The lowest BCUT2D eigenvalue weighted by Gasteiger charge is -2.12. The maximum atomic E-state index is 14.8. The summed E-state index contributed by atoms with van der Waals surface area (Å²) in [5.41, 5.74) is 0.717. The summed E-state index contributed by atoms with van der Waals surface area (Å²) in [6.07, 6.45) is 6.81. The van der Waals surface area contributed by atoms with Crippen LogP contribution < -0.4 is 5.32 Å². The second-order valence-corrected chi connectivity index (χ2v) is 8.92. The Hall–Kier alpha value is -3.33. The molecule has 6 heteroatoms. The fraction of sp³-hybridized carbons (Fsp3) is 0.333. The summed E-state index contributed by atoms with van der Waals surface area (Å²) in [7, 11) is 0. The minimum atomic E-state index is -0.693. The van der Waals surface area contributed by atoms with E-state index in [2.05, 4.69) is 21.4 Å². The zero-order chi connectivity index (χ0) is 20.5. The van der Waals surface area contributed by atoms with Gasteiger partial charge in [-0.2, -0.15) is 5.26 Å². The molecule has 0 radical (unpaired) electrons. The third-order valence-electron chi connectivity index (χ3n) is 7.14. The Morgan fingerprint density at radius 2 is 2.07 bits per heavy atom. The molecule has 3 saturated carbocycles. The van der Waals surface area contributed by atoms with Crippen LogP contribution in [0.2, 0.25) is 0 Å². The summed E-state index contributed by atoms with van der Waals surface area (Å²) in [6.45, 7) is 0. The Balaban J connectivity index is 1.26. The molecule has 3 atom stereocenters. The lowest BCUT2D eigenvalue weighted by atomic mass is 9.91. The summed E-state index contributed by atoms with van der Waals surface area (Å²) in [4.78, 5) is 21.3. The number of fused-ring (bicyclic) bond motifs is 1. The summed E-state index contributed by atoms with van der Waals surface area (Å²) in [5, 5.41) is 14.1. The first kappa shape index (κ1) is 17.5. The smallest absolute Gasteiger partial charge is 0.229 e. The highest BCUT2D eigenvalue weighted by Gasteiger charge is 2.76. The second kappa shape index (κ2) is 5.85. The summed E-state index contributed by atoms with van der Waals surface area (Å²) >= 11 is 0. The number of carbonyl (C=O) groups excluding carboxylic acids is 1. The van der Waals surface area contributed by atoms with E-state index in [0.29, 0.717) is 16.8 Å². The third-order valence-corrected chi connectivity index (χ3v) is 7.14. The number of anilines is 1. The normalized spacial score (nSPS) is 27.5. The van der Waals surface area contributed by atoms with Gasteiger partial charge >= 0.3 is 0 Å². The van der Waals surface area contributed by atoms with Crippen LogP contribution in [0.15, 0.2) is 48.8 Å². The van der Waals surface area contributed by atoms with Gasteiger partial charge in [0.25, 0.3) is 0 Å². The number of benzene rings is 1. The Bertz CT molecular complexity index is 1250. The Labute approximate surface area is 173 Å². The molecule has 3 fully saturated rings. The summed E-state index contributed by atoms with van der Waals surface area (Å²) < 4.78 is 14.8. The van der Waals surface area contributed by atoms with E-state index in [9.17, 15) is 14.4 Å². The zero-order valence-corrected chi connectivity index (χ0v) is 16.2. The van der Waals surface area contributed by atoms with E-state index in [-0.39, 0.29) is 29.0 Å². The molecule has 3 aromatic rings. The van der Waals surface area contributed by atoms with Crippen LogP contribution in [0.25, 0.3) is 10.8 Å². The highest BCUT2D eigenvalue weighted by Crippen LogP contribution is 2.78. The SMILES string of the molecule is N#C[C@@]1(c2cc3cc(NC(=O)C4CC4c4ccccn4)ncc3cc2F)CC12CC2. The van der Waals surface area contributed by atoms with Gasteiger partial charge in [0.15, 0.2) is 0 Å². The van der Waals surface area contributed by atoms with Crippen LogP contribution in [0.4, 0.5) is 10.2 Å². The average Bonchev–Trinajstić information content (AvgIpc) is 3.66. The van der Waals surface area contributed by atoms with Gasteiger partial charge in [-0.15, -0.1) is 0 Å². The van der Waals surface area contributed by atoms with Gasteiger partial charge in [-0.3, -0.25) is 9.78 Å². The number of pyridine rings is 2. The molecule has 2 unspecified atom stereocenters. The fourth-order valence-corrected chi connectivity index (χ4v) is 5.00. The second-order valence-electron chi connectivity index (χ2n) is 8.92. The molecule has 0 aliphatic heterocycles. The molecule has 0 bridgehead atoms. The molecule has 3 aliphatic rings. The number of nitriles is 1. The van der Waals surface area contributed by atoms with Crippen molar-refractivity contribution < 1.29 is 9.18 Å². The van der Waals surface area contributed by atoms with E-state index in [1.54, 1.807) is 24.5 Å². The monoisotopic (exact) mass is 398 g/mol. The predicted molar refractivity (Wildman–Crippen MR) is 109 cm³/mol. The predicted octanol–water partition coefficient (Wildman–Crippen LogP) is 4.46. The number of carbonyl (C=O) groups is 1. The first-order chi connectivity index (χ1) is 14.6. The van der Waals surface area contributed by atoms with Gasteiger partial charge in [-0.1, -0.05) is 6.07 Å². The van der Waals surface area contributed by atoms with Gasteiger partial charge in [-0.25, -0.2) is 9.37 Å².